The van der Waals surface area contributed by atoms with Gasteiger partial charge in [0.1, 0.15) is 6.61 Å². The highest BCUT2D eigenvalue weighted by atomic mass is 35.5. The zero-order valence-electron chi connectivity index (χ0n) is 15.3. The van der Waals surface area contributed by atoms with E-state index >= 15 is 0 Å². The van der Waals surface area contributed by atoms with Gasteiger partial charge in [0, 0.05) is 38.8 Å². The minimum atomic E-state index is -0.185. The van der Waals surface area contributed by atoms with E-state index < -0.39 is 0 Å². The summed E-state index contributed by atoms with van der Waals surface area (Å²) in [4.78, 5) is 15.9. The average Bonchev–Trinajstić information content (AvgIpc) is 2.67. The van der Waals surface area contributed by atoms with Crippen molar-refractivity contribution in [3.05, 3.63) is 58.0 Å². The van der Waals surface area contributed by atoms with Crippen molar-refractivity contribution in [3.8, 4) is 11.5 Å². The molecule has 1 saturated heterocycles. The van der Waals surface area contributed by atoms with E-state index in [1.54, 1.807) is 25.4 Å². The van der Waals surface area contributed by atoms with Crippen LogP contribution in [0, 0.1) is 0 Å². The molecule has 0 atom stereocenters. The van der Waals surface area contributed by atoms with Crippen molar-refractivity contribution in [2.75, 3.05) is 44.8 Å². The van der Waals surface area contributed by atoms with Gasteiger partial charge in [0.15, 0.2) is 11.5 Å². The van der Waals surface area contributed by atoms with Crippen molar-refractivity contribution < 1.29 is 9.47 Å². The van der Waals surface area contributed by atoms with Gasteiger partial charge in [-0.1, -0.05) is 24.3 Å². The number of ether oxygens (including phenoxy) is 2. The Labute approximate surface area is 163 Å². The van der Waals surface area contributed by atoms with Crippen molar-refractivity contribution in [1.29, 1.82) is 0 Å². The van der Waals surface area contributed by atoms with Gasteiger partial charge < -0.3 is 14.4 Å². The maximum absolute atomic E-state index is 11.4. The van der Waals surface area contributed by atoms with E-state index in [0.717, 1.165) is 44.0 Å². The second-order valence-corrected chi connectivity index (χ2v) is 6.68. The summed E-state index contributed by atoms with van der Waals surface area (Å²) in [7, 11) is 1.60. The van der Waals surface area contributed by atoms with E-state index in [1.807, 2.05) is 12.1 Å². The number of hydrogen-bond donors (Lipinski definition) is 1. The minimum absolute atomic E-state index is 0.185. The Morgan fingerprint density at radius 2 is 2.07 bits per heavy atom. The lowest BCUT2D eigenvalue weighted by Crippen LogP contribution is -2.46. The smallest absolute Gasteiger partial charge is 0.266 e. The lowest BCUT2D eigenvalue weighted by molar-refractivity contribution is 0.249. The number of H-pyrrole nitrogens is 1. The molecule has 1 aliphatic heterocycles. The Morgan fingerprint density at radius 1 is 1.30 bits per heavy atom. The molecule has 7 nitrogen and oxygen atoms in total. The lowest BCUT2D eigenvalue weighted by atomic mass is 10.1. The van der Waals surface area contributed by atoms with Gasteiger partial charge in [-0.25, -0.2) is 5.10 Å². The Balaban J connectivity index is 1.64. The second-order valence-electron chi connectivity index (χ2n) is 6.28. The highest BCUT2D eigenvalue weighted by Crippen LogP contribution is 2.36. The van der Waals surface area contributed by atoms with Gasteiger partial charge in [0.2, 0.25) is 0 Å². The normalized spacial score (nSPS) is 14.8. The summed E-state index contributed by atoms with van der Waals surface area (Å²) in [6, 6.07) is 5.45. The standard InChI is InChI=1S/C19H23ClN4O3/c1-3-8-27-19-16(20)9-14(10-17(19)26-2)13-23-4-6-24(7-5-23)15-11-18(25)22-21-12-15/h3,9-12H,1,4-8,13H2,2H3,(H,22,25). The van der Waals surface area contributed by atoms with E-state index in [9.17, 15) is 4.79 Å². The summed E-state index contributed by atoms with van der Waals surface area (Å²) >= 11 is 6.38. The van der Waals surface area contributed by atoms with Gasteiger partial charge >= 0.3 is 0 Å². The van der Waals surface area contributed by atoms with E-state index in [2.05, 4.69) is 26.6 Å². The highest BCUT2D eigenvalue weighted by Gasteiger charge is 2.19. The van der Waals surface area contributed by atoms with Crippen molar-refractivity contribution >= 4 is 17.3 Å². The number of nitrogens with one attached hydrogen (secondary N) is 1. The largest absolute Gasteiger partial charge is 0.493 e. The fourth-order valence-electron chi connectivity index (χ4n) is 3.11. The fraction of sp³-hybridized carbons (Fsp3) is 0.368. The van der Waals surface area contributed by atoms with Crippen molar-refractivity contribution in [3.63, 3.8) is 0 Å². The van der Waals surface area contributed by atoms with E-state index in [-0.39, 0.29) is 5.56 Å². The van der Waals surface area contributed by atoms with Crippen molar-refractivity contribution in [1.82, 2.24) is 15.1 Å². The van der Waals surface area contributed by atoms with Crippen LogP contribution in [0.2, 0.25) is 5.02 Å². The van der Waals surface area contributed by atoms with Crippen LogP contribution >= 0.6 is 11.6 Å². The molecule has 0 amide bonds. The Kier molecular flexibility index (Phi) is 6.36. The number of benzene rings is 1. The van der Waals surface area contributed by atoms with Gasteiger partial charge in [0.25, 0.3) is 5.56 Å². The second kappa shape index (κ2) is 8.92. The molecule has 1 aromatic heterocycles. The molecule has 1 N–H and O–H groups in total. The maximum Gasteiger partial charge on any atom is 0.266 e. The van der Waals surface area contributed by atoms with Gasteiger partial charge in [-0.05, 0) is 17.7 Å². The predicted molar refractivity (Wildman–Crippen MR) is 106 cm³/mol. The Bertz CT molecular complexity index is 847. The van der Waals surface area contributed by atoms with Crippen molar-refractivity contribution in [2.24, 2.45) is 0 Å². The third-order valence-corrected chi connectivity index (χ3v) is 4.71. The SMILES string of the molecule is C=CCOc1c(Cl)cc(CN2CCN(c3cn[nH]c(=O)c3)CC2)cc1OC. The number of aromatic amines is 1. The molecule has 8 heteroatoms. The first-order valence-corrected chi connectivity index (χ1v) is 9.10. The maximum atomic E-state index is 11.4. The van der Waals surface area contributed by atoms with Crippen LogP contribution in [0.25, 0.3) is 0 Å². The molecule has 2 aromatic rings. The molecule has 0 saturated carbocycles. The van der Waals surface area contributed by atoms with Crippen LogP contribution in [-0.2, 0) is 6.54 Å². The van der Waals surface area contributed by atoms with Gasteiger partial charge in [-0.3, -0.25) is 9.69 Å². The summed E-state index contributed by atoms with van der Waals surface area (Å²) in [6.45, 7) is 8.19. The van der Waals surface area contributed by atoms with E-state index in [1.165, 1.54) is 0 Å². The quantitative estimate of drug-likeness (QED) is 0.731. The summed E-state index contributed by atoms with van der Waals surface area (Å²) in [5, 5.41) is 6.80. The van der Waals surface area contributed by atoms with Gasteiger partial charge in [0.05, 0.1) is 24.0 Å². The van der Waals surface area contributed by atoms with Gasteiger partial charge in [-0.2, -0.15) is 5.10 Å². The van der Waals surface area contributed by atoms with Crippen LogP contribution in [0.4, 0.5) is 5.69 Å². The molecule has 1 aliphatic rings. The summed E-state index contributed by atoms with van der Waals surface area (Å²) in [6.07, 6.45) is 3.35. The molecule has 1 aromatic carbocycles. The Hall–Kier alpha value is -2.51. The molecule has 2 heterocycles. The molecule has 3 rings (SSSR count). The molecule has 0 aliphatic carbocycles. The Morgan fingerprint density at radius 3 is 2.74 bits per heavy atom. The molecule has 144 valence electrons. The van der Waals surface area contributed by atoms with Gasteiger partial charge in [-0.15, -0.1) is 0 Å². The fourth-order valence-corrected chi connectivity index (χ4v) is 3.40. The number of rotatable bonds is 7. The number of methoxy groups -OCH3 is 1. The lowest BCUT2D eigenvalue weighted by Gasteiger charge is -2.35. The summed E-state index contributed by atoms with van der Waals surface area (Å²) < 4.78 is 11.0. The van der Waals surface area contributed by atoms with Crippen LogP contribution in [-0.4, -0.2) is 55.0 Å². The third-order valence-electron chi connectivity index (χ3n) is 4.43. The summed E-state index contributed by atoms with van der Waals surface area (Å²) in [5.41, 5.74) is 1.73. The molecule has 0 unspecified atom stereocenters. The zero-order chi connectivity index (χ0) is 19.2. The number of anilines is 1. The van der Waals surface area contributed by atoms with Crippen LogP contribution in [0.1, 0.15) is 5.56 Å². The summed E-state index contributed by atoms with van der Waals surface area (Å²) in [5.74, 6) is 1.15. The van der Waals surface area contributed by atoms with Crippen LogP contribution in [0.15, 0.2) is 41.8 Å². The average molecular weight is 391 g/mol. The van der Waals surface area contributed by atoms with E-state index in [4.69, 9.17) is 21.1 Å². The zero-order valence-corrected chi connectivity index (χ0v) is 16.0. The first-order valence-electron chi connectivity index (χ1n) is 8.73. The highest BCUT2D eigenvalue weighted by molar-refractivity contribution is 6.32. The predicted octanol–water partition coefficient (Wildman–Crippen LogP) is 2.32. The molecule has 1 fully saturated rings. The topological polar surface area (TPSA) is 70.7 Å². The molecular formula is C19H23ClN4O3. The number of piperazine rings is 1. The number of aromatic nitrogens is 2. The van der Waals surface area contributed by atoms with Crippen LogP contribution in [0.5, 0.6) is 11.5 Å². The molecule has 0 radical (unpaired) electrons. The number of halogens is 1. The molecule has 0 bridgehead atoms. The monoisotopic (exact) mass is 390 g/mol. The van der Waals surface area contributed by atoms with Crippen LogP contribution in [0.3, 0.4) is 0 Å². The minimum Gasteiger partial charge on any atom is -0.493 e. The molecular weight excluding hydrogens is 368 g/mol. The first-order chi connectivity index (χ1) is 13.1. The molecule has 0 spiro atoms. The van der Waals surface area contributed by atoms with Crippen LogP contribution < -0.4 is 19.9 Å². The molecule has 27 heavy (non-hydrogen) atoms. The number of nitrogens with zero attached hydrogens (tertiary/aromatic N) is 3. The third kappa shape index (κ3) is 4.81. The van der Waals surface area contributed by atoms with Crippen molar-refractivity contribution in [2.45, 2.75) is 6.54 Å². The van der Waals surface area contributed by atoms with E-state index in [0.29, 0.717) is 23.1 Å². The number of hydrogen-bond acceptors (Lipinski definition) is 6. The first kappa shape index (κ1) is 19.3.